The highest BCUT2D eigenvalue weighted by Gasteiger charge is 2.33. The molecule has 0 unspecified atom stereocenters. The second-order valence-electron chi connectivity index (χ2n) is 8.63. The average Bonchev–Trinajstić information content (AvgIpc) is 2.92. The minimum Gasteiger partial charge on any atom is -0.307 e. The molecule has 4 aromatic rings. The fourth-order valence-electron chi connectivity index (χ4n) is 4.49. The van der Waals surface area contributed by atoms with Crippen molar-refractivity contribution in [3.63, 3.8) is 0 Å². The van der Waals surface area contributed by atoms with Crippen LogP contribution in [0.25, 0.3) is 16.8 Å². The normalized spacial score (nSPS) is 12.8. The van der Waals surface area contributed by atoms with Gasteiger partial charge in [-0.15, -0.1) is 0 Å². The number of carbonyl (C=O) groups excluding carboxylic acids is 3. The lowest BCUT2D eigenvalue weighted by Crippen LogP contribution is -2.45. The van der Waals surface area contributed by atoms with E-state index in [2.05, 4.69) is 0 Å². The fourth-order valence-corrected chi connectivity index (χ4v) is 4.49. The van der Waals surface area contributed by atoms with Gasteiger partial charge >= 0.3 is 0 Å². The van der Waals surface area contributed by atoms with Crippen LogP contribution in [0, 0.1) is 15.9 Å². The Bertz CT molecular complexity index is 1600. The Morgan fingerprint density at radius 3 is 2.24 bits per heavy atom. The number of nitrogens with zero attached hydrogens (tertiary/aromatic N) is 3. The van der Waals surface area contributed by atoms with E-state index in [0.717, 1.165) is 10.3 Å². The number of halogens is 1. The predicted octanol–water partition coefficient (Wildman–Crippen LogP) is 5.23. The third kappa shape index (κ3) is 4.64. The van der Waals surface area contributed by atoms with E-state index >= 15 is 0 Å². The Labute approximate surface area is 216 Å². The lowest BCUT2D eigenvalue weighted by Gasteiger charge is -2.30. The van der Waals surface area contributed by atoms with Crippen LogP contribution in [0.2, 0.25) is 0 Å². The summed E-state index contributed by atoms with van der Waals surface area (Å²) < 4.78 is 14.0. The Morgan fingerprint density at radius 1 is 0.921 bits per heavy atom. The number of anilines is 1. The molecule has 0 bridgehead atoms. The average molecular weight is 509 g/mol. The van der Waals surface area contributed by atoms with Gasteiger partial charge in [-0.25, -0.2) is 4.39 Å². The van der Waals surface area contributed by atoms with Crippen molar-refractivity contribution in [1.29, 1.82) is 0 Å². The molecule has 0 fully saturated rings. The van der Waals surface area contributed by atoms with Crippen molar-refractivity contribution in [1.82, 2.24) is 4.90 Å². The highest BCUT2D eigenvalue weighted by Crippen LogP contribution is 2.30. The van der Waals surface area contributed by atoms with Crippen LogP contribution >= 0.6 is 0 Å². The molecule has 1 aliphatic heterocycles. The van der Waals surface area contributed by atoms with Crippen LogP contribution in [0.4, 0.5) is 15.8 Å². The van der Waals surface area contributed by atoms with Gasteiger partial charge in [-0.3, -0.25) is 29.4 Å². The van der Waals surface area contributed by atoms with Gasteiger partial charge in [0.2, 0.25) is 0 Å². The monoisotopic (exact) mass is 509 g/mol. The zero-order valence-corrected chi connectivity index (χ0v) is 19.9. The summed E-state index contributed by atoms with van der Waals surface area (Å²) >= 11 is 0. The number of hydrogen-bond acceptors (Lipinski definition) is 5. The van der Waals surface area contributed by atoms with Gasteiger partial charge in [0.05, 0.1) is 4.92 Å². The second-order valence-corrected chi connectivity index (χ2v) is 8.63. The van der Waals surface area contributed by atoms with Gasteiger partial charge in [0.15, 0.2) is 0 Å². The molecule has 1 aliphatic rings. The van der Waals surface area contributed by atoms with E-state index in [1.54, 1.807) is 30.3 Å². The second kappa shape index (κ2) is 10.1. The van der Waals surface area contributed by atoms with Crippen LogP contribution in [0.3, 0.4) is 0 Å². The molecule has 4 aromatic carbocycles. The van der Waals surface area contributed by atoms with Gasteiger partial charge in [0.25, 0.3) is 23.4 Å². The molecule has 0 saturated heterocycles. The molecule has 188 valence electrons. The molecular formula is C29H20FN3O5. The van der Waals surface area contributed by atoms with Gasteiger partial charge in [0, 0.05) is 53.5 Å². The minimum atomic E-state index is -0.561. The third-order valence-corrected chi connectivity index (χ3v) is 6.29. The van der Waals surface area contributed by atoms with Crippen molar-refractivity contribution in [3.05, 3.63) is 124 Å². The van der Waals surface area contributed by atoms with Crippen molar-refractivity contribution < 1.29 is 23.7 Å². The number of benzene rings is 4. The summed E-state index contributed by atoms with van der Waals surface area (Å²) in [5.74, 6) is -2.06. The van der Waals surface area contributed by atoms with E-state index in [0.29, 0.717) is 22.1 Å². The number of carbonyl (C=O) groups is 3. The van der Waals surface area contributed by atoms with Crippen LogP contribution in [-0.4, -0.2) is 40.6 Å². The van der Waals surface area contributed by atoms with Crippen LogP contribution < -0.4 is 4.90 Å². The summed E-state index contributed by atoms with van der Waals surface area (Å²) in [4.78, 5) is 52.6. The molecule has 38 heavy (non-hydrogen) atoms. The summed E-state index contributed by atoms with van der Waals surface area (Å²) in [6.07, 6.45) is 2.62. The number of rotatable bonds is 7. The summed E-state index contributed by atoms with van der Waals surface area (Å²) in [5, 5.41) is 12.4. The van der Waals surface area contributed by atoms with Crippen LogP contribution in [0.1, 0.15) is 26.3 Å². The highest BCUT2D eigenvalue weighted by atomic mass is 19.1. The van der Waals surface area contributed by atoms with E-state index in [1.807, 2.05) is 12.1 Å². The van der Waals surface area contributed by atoms with Gasteiger partial charge in [-0.2, -0.15) is 0 Å². The molecule has 0 aliphatic carbocycles. The topological polar surface area (TPSA) is 101 Å². The maximum Gasteiger partial charge on any atom is 0.270 e. The van der Waals surface area contributed by atoms with Crippen LogP contribution in [0.5, 0.6) is 0 Å². The number of nitro groups is 1. The van der Waals surface area contributed by atoms with Crippen molar-refractivity contribution in [3.8, 4) is 0 Å². The molecule has 3 amide bonds. The molecule has 9 heteroatoms. The number of nitro benzene ring substituents is 1. The van der Waals surface area contributed by atoms with Crippen molar-refractivity contribution in [2.75, 3.05) is 18.0 Å². The van der Waals surface area contributed by atoms with E-state index in [-0.39, 0.29) is 24.5 Å². The Morgan fingerprint density at radius 2 is 1.58 bits per heavy atom. The maximum atomic E-state index is 14.0. The molecule has 1 heterocycles. The van der Waals surface area contributed by atoms with E-state index in [9.17, 15) is 28.9 Å². The number of imide groups is 1. The molecular weight excluding hydrogens is 489 g/mol. The van der Waals surface area contributed by atoms with Crippen molar-refractivity contribution in [2.24, 2.45) is 0 Å². The number of hydrogen-bond donors (Lipinski definition) is 0. The fraction of sp³-hybridized carbons (Fsp3) is 0.0690. The molecule has 0 spiro atoms. The number of non-ortho nitro benzene ring substituents is 1. The molecule has 8 nitrogen and oxygen atoms in total. The molecule has 5 rings (SSSR count). The molecule has 0 saturated carbocycles. The lowest BCUT2D eigenvalue weighted by molar-refractivity contribution is -0.384. The lowest BCUT2D eigenvalue weighted by atomic mass is 9.94. The SMILES string of the molecule is O=C1c2cccc3cccc(c23)C(=O)N1CCN(C(=O)/C=C/c1cccc([N+](=O)[O-])c1)c1cccc(F)c1. The Balaban J connectivity index is 1.42. The van der Waals surface area contributed by atoms with E-state index < -0.39 is 28.5 Å². The van der Waals surface area contributed by atoms with Crippen molar-refractivity contribution >= 4 is 45.9 Å². The molecule has 0 radical (unpaired) electrons. The largest absolute Gasteiger partial charge is 0.307 e. The van der Waals surface area contributed by atoms with Gasteiger partial charge in [-0.05, 0) is 47.4 Å². The van der Waals surface area contributed by atoms with E-state index in [4.69, 9.17) is 0 Å². The summed E-state index contributed by atoms with van der Waals surface area (Å²) in [6.45, 7) is -0.230. The Hall–Kier alpha value is -5.18. The number of amides is 3. The minimum absolute atomic E-state index is 0.100. The van der Waals surface area contributed by atoms with Crippen LogP contribution in [-0.2, 0) is 4.79 Å². The zero-order valence-electron chi connectivity index (χ0n) is 19.9. The zero-order chi connectivity index (χ0) is 26.8. The molecule has 0 atom stereocenters. The van der Waals surface area contributed by atoms with Crippen molar-refractivity contribution in [2.45, 2.75) is 0 Å². The maximum absolute atomic E-state index is 14.0. The van der Waals surface area contributed by atoms with Crippen LogP contribution in [0.15, 0.2) is 91.0 Å². The smallest absolute Gasteiger partial charge is 0.270 e. The third-order valence-electron chi connectivity index (χ3n) is 6.29. The molecule has 0 N–H and O–H groups in total. The highest BCUT2D eigenvalue weighted by molar-refractivity contribution is 6.25. The van der Waals surface area contributed by atoms with Gasteiger partial charge < -0.3 is 4.90 Å². The summed E-state index contributed by atoms with van der Waals surface area (Å²) in [6, 6.07) is 21.6. The molecule has 0 aromatic heterocycles. The quantitative estimate of drug-likeness (QED) is 0.147. The summed E-state index contributed by atoms with van der Waals surface area (Å²) in [5.41, 5.74) is 1.33. The first-order valence-electron chi connectivity index (χ1n) is 11.7. The first-order valence-corrected chi connectivity index (χ1v) is 11.7. The first-order chi connectivity index (χ1) is 18.3. The first kappa shape index (κ1) is 24.5. The van der Waals surface area contributed by atoms with Gasteiger partial charge in [-0.1, -0.05) is 42.5 Å². The Kier molecular flexibility index (Phi) is 6.49. The standard InChI is InChI=1S/C29H20FN3O5/c30-21-8-4-9-22(18-21)31(26(34)14-13-19-5-1-10-23(17-19)33(37)38)15-16-32-28(35)24-11-2-6-20-7-3-12-25(27(20)24)29(32)36/h1-14,17-18H,15-16H2/b14-13+. The predicted molar refractivity (Wildman–Crippen MR) is 140 cm³/mol. The van der Waals surface area contributed by atoms with E-state index in [1.165, 1.54) is 59.5 Å². The summed E-state index contributed by atoms with van der Waals surface area (Å²) in [7, 11) is 0. The van der Waals surface area contributed by atoms with Gasteiger partial charge in [0.1, 0.15) is 5.82 Å².